The Balaban J connectivity index is 1.81. The van der Waals surface area contributed by atoms with Gasteiger partial charge in [0.05, 0.1) is 5.37 Å². The molecule has 0 aromatic heterocycles. The second kappa shape index (κ2) is 8.52. The van der Waals surface area contributed by atoms with Gasteiger partial charge in [0.25, 0.3) is 0 Å². The lowest BCUT2D eigenvalue weighted by molar-refractivity contribution is 0.104. The summed E-state index contributed by atoms with van der Waals surface area (Å²) >= 11 is 1.83. The quantitative estimate of drug-likeness (QED) is 0.298. The highest BCUT2D eigenvalue weighted by molar-refractivity contribution is 7.99. The van der Waals surface area contributed by atoms with E-state index in [9.17, 15) is 4.79 Å². The molecule has 0 amide bonds. The van der Waals surface area contributed by atoms with Crippen LogP contribution in [0.2, 0.25) is 0 Å². The van der Waals surface area contributed by atoms with Crippen LogP contribution >= 0.6 is 11.8 Å². The Labute approximate surface area is 160 Å². The predicted octanol–water partition coefficient (Wildman–Crippen LogP) is 5.85. The van der Waals surface area contributed by atoms with Crippen molar-refractivity contribution in [3.05, 3.63) is 77.9 Å². The van der Waals surface area contributed by atoms with Crippen molar-refractivity contribution in [1.29, 1.82) is 0 Å². The lowest BCUT2D eigenvalue weighted by Crippen LogP contribution is -2.30. The molecule has 0 radical (unpaired) electrons. The van der Waals surface area contributed by atoms with Gasteiger partial charge in [-0.05, 0) is 55.1 Å². The van der Waals surface area contributed by atoms with E-state index in [1.54, 1.807) is 0 Å². The third-order valence-electron chi connectivity index (χ3n) is 4.78. The zero-order chi connectivity index (χ0) is 18.5. The van der Waals surface area contributed by atoms with Crippen molar-refractivity contribution in [1.82, 2.24) is 4.90 Å². The zero-order valence-corrected chi connectivity index (χ0v) is 16.4. The van der Waals surface area contributed by atoms with Crippen LogP contribution in [0.25, 0.3) is 10.8 Å². The third kappa shape index (κ3) is 4.00. The van der Waals surface area contributed by atoms with Gasteiger partial charge < -0.3 is 0 Å². The molecule has 0 saturated heterocycles. The van der Waals surface area contributed by atoms with Crippen molar-refractivity contribution in [2.24, 2.45) is 0 Å². The second-order valence-corrected chi connectivity index (χ2v) is 7.71. The summed E-state index contributed by atoms with van der Waals surface area (Å²) in [6.45, 7) is 8.69. The van der Waals surface area contributed by atoms with E-state index in [-0.39, 0.29) is 5.78 Å². The second-order valence-electron chi connectivity index (χ2n) is 6.32. The number of carbonyl (C=O) groups is 1. The molecule has 0 aliphatic heterocycles. The molecule has 3 rings (SSSR count). The summed E-state index contributed by atoms with van der Waals surface area (Å²) in [4.78, 5) is 16.6. The molecule has 1 unspecified atom stereocenters. The molecule has 0 N–H and O–H groups in total. The minimum atomic E-state index is 0.0788. The molecule has 0 aliphatic rings. The molecule has 3 heteroatoms. The van der Waals surface area contributed by atoms with E-state index in [4.69, 9.17) is 0 Å². The molecule has 3 aromatic rings. The molecule has 0 aliphatic carbocycles. The zero-order valence-electron chi connectivity index (χ0n) is 15.6. The normalized spacial score (nSPS) is 12.5. The first-order valence-corrected chi connectivity index (χ1v) is 10.0. The Morgan fingerprint density at radius 2 is 1.58 bits per heavy atom. The van der Waals surface area contributed by atoms with E-state index in [0.29, 0.717) is 5.37 Å². The summed E-state index contributed by atoms with van der Waals surface area (Å²) in [6.07, 6.45) is 0. The molecule has 0 spiro atoms. The molecule has 134 valence electrons. The van der Waals surface area contributed by atoms with Gasteiger partial charge in [-0.15, -0.1) is 11.8 Å². The molecule has 2 nitrogen and oxygen atoms in total. The number of fused-ring (bicyclic) bond motifs is 1. The summed E-state index contributed by atoms with van der Waals surface area (Å²) < 4.78 is 0. The Kier molecular flexibility index (Phi) is 6.12. The number of thioether (sulfide) groups is 1. The van der Waals surface area contributed by atoms with Gasteiger partial charge >= 0.3 is 0 Å². The van der Waals surface area contributed by atoms with Gasteiger partial charge in [-0.25, -0.2) is 0 Å². The average Bonchev–Trinajstić information content (AvgIpc) is 2.68. The van der Waals surface area contributed by atoms with Gasteiger partial charge in [0.1, 0.15) is 0 Å². The maximum Gasteiger partial charge on any atom is 0.193 e. The van der Waals surface area contributed by atoms with Crippen LogP contribution in [0.15, 0.2) is 71.6 Å². The molecule has 1 atom stereocenters. The molecule has 26 heavy (non-hydrogen) atoms. The predicted molar refractivity (Wildman–Crippen MR) is 112 cm³/mol. The SMILES string of the molecule is CCN(CC)C(C)Sc1ccc(C(=O)c2cccc3ccccc23)cc1. The van der Waals surface area contributed by atoms with Crippen LogP contribution < -0.4 is 0 Å². The van der Waals surface area contributed by atoms with Crippen molar-refractivity contribution in [2.45, 2.75) is 31.0 Å². The number of carbonyl (C=O) groups excluding carboxylic acids is 1. The van der Waals surface area contributed by atoms with Crippen LogP contribution in [0.4, 0.5) is 0 Å². The van der Waals surface area contributed by atoms with Crippen LogP contribution in [-0.2, 0) is 0 Å². The smallest absolute Gasteiger partial charge is 0.193 e. The van der Waals surface area contributed by atoms with Crippen LogP contribution in [0.3, 0.4) is 0 Å². The van der Waals surface area contributed by atoms with Crippen molar-refractivity contribution in [3.8, 4) is 0 Å². The minimum Gasteiger partial charge on any atom is -0.292 e. The van der Waals surface area contributed by atoms with Crippen LogP contribution in [0, 0.1) is 0 Å². The molecule has 0 fully saturated rings. The van der Waals surface area contributed by atoms with Gasteiger partial charge in [0, 0.05) is 16.0 Å². The first-order chi connectivity index (χ1) is 12.6. The van der Waals surface area contributed by atoms with E-state index < -0.39 is 0 Å². The summed E-state index contributed by atoms with van der Waals surface area (Å²) in [5.41, 5.74) is 1.50. The Hall–Kier alpha value is -2.10. The first kappa shape index (κ1) is 18.7. The monoisotopic (exact) mass is 363 g/mol. The van der Waals surface area contributed by atoms with Gasteiger partial charge in [-0.3, -0.25) is 9.69 Å². The fraction of sp³-hybridized carbons (Fsp3) is 0.261. The number of hydrogen-bond donors (Lipinski definition) is 0. The van der Waals surface area contributed by atoms with E-state index in [1.807, 2.05) is 66.4 Å². The Bertz CT molecular complexity index is 879. The highest BCUT2D eigenvalue weighted by Gasteiger charge is 2.14. The highest BCUT2D eigenvalue weighted by atomic mass is 32.2. The van der Waals surface area contributed by atoms with E-state index in [2.05, 4.69) is 37.8 Å². The van der Waals surface area contributed by atoms with Gasteiger partial charge in [-0.2, -0.15) is 0 Å². The third-order valence-corrected chi connectivity index (χ3v) is 5.97. The standard InChI is InChI=1S/C23H25NOS/c1-4-24(5-2)17(3)26-20-15-13-19(14-16-20)23(25)22-12-8-10-18-9-6-7-11-21(18)22/h6-17H,4-5H2,1-3H3. The molecular weight excluding hydrogens is 338 g/mol. The fourth-order valence-corrected chi connectivity index (χ4v) is 4.41. The van der Waals surface area contributed by atoms with Crippen LogP contribution in [0.1, 0.15) is 36.7 Å². The Morgan fingerprint density at radius 3 is 2.27 bits per heavy atom. The van der Waals surface area contributed by atoms with Gasteiger partial charge in [0.15, 0.2) is 5.78 Å². The van der Waals surface area contributed by atoms with E-state index in [0.717, 1.165) is 35.0 Å². The minimum absolute atomic E-state index is 0.0788. The summed E-state index contributed by atoms with van der Waals surface area (Å²) in [6, 6.07) is 21.9. The molecule has 0 saturated carbocycles. The van der Waals surface area contributed by atoms with Crippen molar-refractivity contribution < 1.29 is 4.79 Å². The summed E-state index contributed by atoms with van der Waals surface area (Å²) in [5.74, 6) is 0.0788. The molecule has 3 aromatic carbocycles. The van der Waals surface area contributed by atoms with Gasteiger partial charge in [-0.1, -0.05) is 56.3 Å². The lowest BCUT2D eigenvalue weighted by Gasteiger charge is -2.25. The number of nitrogens with zero attached hydrogens (tertiary/aromatic N) is 1. The lowest BCUT2D eigenvalue weighted by atomic mass is 9.97. The maximum absolute atomic E-state index is 13.0. The van der Waals surface area contributed by atoms with Crippen LogP contribution in [-0.4, -0.2) is 29.1 Å². The summed E-state index contributed by atoms with van der Waals surface area (Å²) in [7, 11) is 0. The van der Waals surface area contributed by atoms with Crippen molar-refractivity contribution in [3.63, 3.8) is 0 Å². The number of rotatable bonds is 7. The highest BCUT2D eigenvalue weighted by Crippen LogP contribution is 2.27. The number of benzene rings is 3. The van der Waals surface area contributed by atoms with E-state index >= 15 is 0 Å². The summed E-state index contributed by atoms with van der Waals surface area (Å²) in [5, 5.41) is 2.52. The van der Waals surface area contributed by atoms with Gasteiger partial charge in [0.2, 0.25) is 0 Å². The average molecular weight is 364 g/mol. The van der Waals surface area contributed by atoms with Crippen LogP contribution in [0.5, 0.6) is 0 Å². The molecule has 0 bridgehead atoms. The molecule has 0 heterocycles. The van der Waals surface area contributed by atoms with E-state index in [1.165, 1.54) is 4.90 Å². The maximum atomic E-state index is 13.0. The van der Waals surface area contributed by atoms with Crippen molar-refractivity contribution in [2.75, 3.05) is 13.1 Å². The number of hydrogen-bond acceptors (Lipinski definition) is 3. The fourth-order valence-electron chi connectivity index (χ4n) is 3.27. The number of ketones is 1. The topological polar surface area (TPSA) is 20.3 Å². The Morgan fingerprint density at radius 1 is 0.923 bits per heavy atom. The van der Waals surface area contributed by atoms with Crippen molar-refractivity contribution >= 4 is 28.3 Å². The molecular formula is C23H25NOS. The largest absolute Gasteiger partial charge is 0.292 e. The first-order valence-electron chi connectivity index (χ1n) is 9.17.